The molecule has 0 fully saturated rings. The Hall–Kier alpha value is -3.94. The van der Waals surface area contributed by atoms with Crippen LogP contribution in [0.4, 0.5) is 27.5 Å². The van der Waals surface area contributed by atoms with Gasteiger partial charge in [-0.15, -0.1) is 0 Å². The molecule has 8 heteroatoms. The van der Waals surface area contributed by atoms with Crippen molar-refractivity contribution in [3.63, 3.8) is 0 Å². The highest BCUT2D eigenvalue weighted by molar-refractivity contribution is 6.02. The van der Waals surface area contributed by atoms with Gasteiger partial charge in [0.25, 0.3) is 5.91 Å². The molecule has 29 heavy (non-hydrogen) atoms. The number of carbonyl (C=O) groups excluding carboxylic acids is 2. The van der Waals surface area contributed by atoms with Crippen molar-refractivity contribution in [2.75, 3.05) is 16.8 Å². The third-order valence-corrected chi connectivity index (χ3v) is 4.19. The highest BCUT2D eigenvalue weighted by atomic mass is 16.2. The molecule has 0 aliphatic heterocycles. The number of nitrogens with one attached hydrogen (secondary N) is 2. The third kappa shape index (κ3) is 4.49. The van der Waals surface area contributed by atoms with Gasteiger partial charge in [0.2, 0.25) is 0 Å². The van der Waals surface area contributed by atoms with Crippen molar-refractivity contribution in [2.45, 2.75) is 13.8 Å². The van der Waals surface area contributed by atoms with Crippen LogP contribution < -0.4 is 21.3 Å². The van der Waals surface area contributed by atoms with Gasteiger partial charge in [0.15, 0.2) is 0 Å². The number of anilines is 4. The summed E-state index contributed by atoms with van der Waals surface area (Å²) < 4.78 is 0. The van der Waals surface area contributed by atoms with Crippen LogP contribution in [0.1, 0.15) is 23.0 Å². The topological polar surface area (TPSA) is 113 Å². The van der Waals surface area contributed by atoms with E-state index < -0.39 is 5.91 Å². The van der Waals surface area contributed by atoms with Crippen molar-refractivity contribution in [2.24, 2.45) is 5.73 Å². The molecule has 2 heterocycles. The normalized spacial score (nSPS) is 10.3. The number of primary amides is 1. The second-order valence-corrected chi connectivity index (χ2v) is 6.25. The van der Waals surface area contributed by atoms with Gasteiger partial charge in [-0.2, -0.15) is 0 Å². The lowest BCUT2D eigenvalue weighted by Crippen LogP contribution is -2.29. The minimum atomic E-state index is -0.604. The van der Waals surface area contributed by atoms with Crippen molar-refractivity contribution >= 4 is 34.7 Å². The molecule has 3 aromatic rings. The van der Waals surface area contributed by atoms with E-state index in [1.807, 2.05) is 49.1 Å². The van der Waals surface area contributed by atoms with Crippen molar-refractivity contribution in [1.82, 2.24) is 15.3 Å². The predicted molar refractivity (Wildman–Crippen MR) is 113 cm³/mol. The van der Waals surface area contributed by atoms with E-state index in [0.717, 1.165) is 5.69 Å². The van der Waals surface area contributed by atoms with Gasteiger partial charge in [0.1, 0.15) is 0 Å². The Balaban J connectivity index is 2.19. The lowest BCUT2D eigenvalue weighted by molar-refractivity contribution is 0.100. The number of hydrogen-bond donors (Lipinski definition) is 3. The number of amides is 3. The molecule has 4 N–H and O–H groups in total. The maximum absolute atomic E-state index is 12.1. The van der Waals surface area contributed by atoms with Gasteiger partial charge >= 0.3 is 6.03 Å². The van der Waals surface area contributed by atoms with E-state index in [1.54, 1.807) is 24.5 Å². The van der Waals surface area contributed by atoms with Crippen LogP contribution in [0.3, 0.4) is 0 Å². The Morgan fingerprint density at radius 1 is 1.07 bits per heavy atom. The molecule has 3 rings (SSSR count). The van der Waals surface area contributed by atoms with Gasteiger partial charge < -0.3 is 21.3 Å². The van der Waals surface area contributed by atoms with E-state index in [4.69, 9.17) is 5.73 Å². The highest BCUT2D eigenvalue weighted by Crippen LogP contribution is 2.39. The van der Waals surface area contributed by atoms with Crippen LogP contribution in [0, 0.1) is 6.92 Å². The van der Waals surface area contributed by atoms with Crippen molar-refractivity contribution in [3.05, 3.63) is 72.3 Å². The number of rotatable bonds is 6. The summed E-state index contributed by atoms with van der Waals surface area (Å²) in [5.41, 5.74) is 9.14. The van der Waals surface area contributed by atoms with Crippen molar-refractivity contribution in [3.8, 4) is 0 Å². The van der Waals surface area contributed by atoms with Crippen LogP contribution in [-0.2, 0) is 0 Å². The zero-order chi connectivity index (χ0) is 20.8. The number of hydrogen-bond acceptors (Lipinski definition) is 5. The zero-order valence-corrected chi connectivity index (χ0v) is 16.2. The van der Waals surface area contributed by atoms with Crippen LogP contribution >= 0.6 is 0 Å². The van der Waals surface area contributed by atoms with Crippen LogP contribution in [-0.4, -0.2) is 28.5 Å². The fourth-order valence-electron chi connectivity index (χ4n) is 2.87. The van der Waals surface area contributed by atoms with Gasteiger partial charge in [-0.3, -0.25) is 14.8 Å². The maximum Gasteiger partial charge on any atom is 0.319 e. The van der Waals surface area contributed by atoms with Crippen LogP contribution in [0.5, 0.6) is 0 Å². The first-order valence-corrected chi connectivity index (χ1v) is 9.11. The first kappa shape index (κ1) is 19.8. The SMILES string of the molecule is CCNC(=O)Nc1ccccc1N(c1ccc(C)nc1)c1ccncc1C(N)=O. The third-order valence-electron chi connectivity index (χ3n) is 4.19. The minimum absolute atomic E-state index is 0.251. The number of urea groups is 1. The standard InChI is InChI=1S/C21H22N6O2/c1-3-24-21(29)26-17-6-4-5-7-19(17)27(15-9-8-14(2)25-12-15)18-10-11-23-13-16(18)20(22)28/h4-13H,3H2,1-2H3,(H2,22,28)(H2,24,26,29). The molecular formula is C21H22N6O2. The van der Waals surface area contributed by atoms with Crippen LogP contribution in [0.15, 0.2) is 61.1 Å². The molecule has 8 nitrogen and oxygen atoms in total. The number of aryl methyl sites for hydroxylation is 1. The second kappa shape index (κ2) is 8.83. The van der Waals surface area contributed by atoms with Gasteiger partial charge in [0, 0.05) is 24.6 Å². The molecule has 2 aromatic heterocycles. The average molecular weight is 390 g/mol. The van der Waals surface area contributed by atoms with E-state index in [-0.39, 0.29) is 11.6 Å². The molecule has 0 saturated carbocycles. The summed E-state index contributed by atoms with van der Waals surface area (Å²) in [4.78, 5) is 34.4. The smallest absolute Gasteiger partial charge is 0.319 e. The van der Waals surface area contributed by atoms with E-state index in [1.165, 1.54) is 6.20 Å². The number of nitrogens with two attached hydrogens (primary N) is 1. The number of benzene rings is 1. The fourth-order valence-corrected chi connectivity index (χ4v) is 2.87. The molecular weight excluding hydrogens is 368 g/mol. The minimum Gasteiger partial charge on any atom is -0.365 e. The molecule has 0 saturated heterocycles. The quantitative estimate of drug-likeness (QED) is 0.596. The van der Waals surface area contributed by atoms with Crippen molar-refractivity contribution < 1.29 is 9.59 Å². The van der Waals surface area contributed by atoms with Crippen LogP contribution in [0.2, 0.25) is 0 Å². The monoisotopic (exact) mass is 390 g/mol. The molecule has 0 aliphatic rings. The Morgan fingerprint density at radius 3 is 2.55 bits per heavy atom. The van der Waals surface area contributed by atoms with E-state index in [2.05, 4.69) is 20.6 Å². The summed E-state index contributed by atoms with van der Waals surface area (Å²) in [5, 5.41) is 5.56. The molecule has 148 valence electrons. The second-order valence-electron chi connectivity index (χ2n) is 6.25. The van der Waals surface area contributed by atoms with Gasteiger partial charge in [-0.05, 0) is 44.2 Å². The molecule has 0 aliphatic carbocycles. The molecule has 0 unspecified atom stereocenters. The zero-order valence-electron chi connectivity index (χ0n) is 16.2. The van der Waals surface area contributed by atoms with Gasteiger partial charge in [-0.25, -0.2) is 4.79 Å². The van der Waals surface area contributed by atoms with Crippen molar-refractivity contribution in [1.29, 1.82) is 0 Å². The molecule has 3 amide bonds. The predicted octanol–water partition coefficient (Wildman–Crippen LogP) is 3.50. The summed E-state index contributed by atoms with van der Waals surface area (Å²) in [7, 11) is 0. The van der Waals surface area contributed by atoms with Gasteiger partial charge in [-0.1, -0.05) is 12.1 Å². The first-order valence-electron chi connectivity index (χ1n) is 9.11. The fraction of sp³-hybridized carbons (Fsp3) is 0.143. The molecule has 0 bridgehead atoms. The largest absolute Gasteiger partial charge is 0.365 e. The summed E-state index contributed by atoms with van der Waals surface area (Å²) in [6, 6.07) is 12.4. The average Bonchev–Trinajstić information content (AvgIpc) is 2.71. The summed E-state index contributed by atoms with van der Waals surface area (Å²) in [5.74, 6) is -0.604. The number of aromatic nitrogens is 2. The Morgan fingerprint density at radius 2 is 1.86 bits per heavy atom. The Bertz CT molecular complexity index is 1020. The van der Waals surface area contributed by atoms with E-state index >= 15 is 0 Å². The molecule has 0 atom stereocenters. The van der Waals surface area contributed by atoms with E-state index in [0.29, 0.717) is 29.3 Å². The number of nitrogens with zero attached hydrogens (tertiary/aromatic N) is 3. The number of carbonyl (C=O) groups is 2. The lowest BCUT2D eigenvalue weighted by Gasteiger charge is -2.28. The molecule has 1 aromatic carbocycles. The summed E-state index contributed by atoms with van der Waals surface area (Å²) in [6.07, 6.45) is 4.70. The van der Waals surface area contributed by atoms with E-state index in [9.17, 15) is 9.59 Å². The lowest BCUT2D eigenvalue weighted by atomic mass is 10.1. The Kier molecular flexibility index (Phi) is 6.03. The first-order chi connectivity index (χ1) is 14.0. The summed E-state index contributed by atoms with van der Waals surface area (Å²) >= 11 is 0. The molecule has 0 radical (unpaired) electrons. The Labute approximate surface area is 168 Å². The summed E-state index contributed by atoms with van der Waals surface area (Å²) in [6.45, 7) is 4.22. The van der Waals surface area contributed by atoms with Gasteiger partial charge in [0.05, 0.1) is 34.5 Å². The van der Waals surface area contributed by atoms with Crippen LogP contribution in [0.25, 0.3) is 0 Å². The maximum atomic E-state index is 12.1. The highest BCUT2D eigenvalue weighted by Gasteiger charge is 2.21. The molecule has 0 spiro atoms. The number of para-hydroxylation sites is 2. The number of pyridine rings is 2.